The van der Waals surface area contributed by atoms with Gasteiger partial charge in [0.05, 0.1) is 6.04 Å². The Morgan fingerprint density at radius 1 is 1.56 bits per heavy atom. The van der Waals surface area contributed by atoms with E-state index in [0.29, 0.717) is 0 Å². The molecule has 16 heavy (non-hydrogen) atoms. The molecule has 2 aromatic heterocycles. The van der Waals surface area contributed by atoms with Crippen LogP contribution in [-0.4, -0.2) is 14.8 Å². The van der Waals surface area contributed by atoms with Gasteiger partial charge in [0.2, 0.25) is 0 Å². The first-order valence-electron chi connectivity index (χ1n) is 5.28. The van der Waals surface area contributed by atoms with Gasteiger partial charge in [-0.05, 0) is 30.9 Å². The lowest BCUT2D eigenvalue weighted by Gasteiger charge is -2.12. The quantitative estimate of drug-likeness (QED) is 0.883. The average Bonchev–Trinajstić information content (AvgIpc) is 2.84. The summed E-state index contributed by atoms with van der Waals surface area (Å²) in [6.07, 6.45) is 1.73. The predicted molar refractivity (Wildman–Crippen MR) is 65.3 cm³/mol. The molecule has 86 valence electrons. The Morgan fingerprint density at radius 3 is 2.94 bits per heavy atom. The van der Waals surface area contributed by atoms with Crippen LogP contribution in [0.3, 0.4) is 0 Å². The average molecular weight is 236 g/mol. The van der Waals surface area contributed by atoms with Crippen molar-refractivity contribution in [2.75, 3.05) is 0 Å². The zero-order valence-corrected chi connectivity index (χ0v) is 10.6. The molecule has 1 N–H and O–H groups in total. The van der Waals surface area contributed by atoms with Crippen molar-refractivity contribution in [3.8, 4) is 0 Å². The van der Waals surface area contributed by atoms with E-state index in [0.717, 1.165) is 12.4 Å². The predicted octanol–water partition coefficient (Wildman–Crippen LogP) is 2.04. The van der Waals surface area contributed by atoms with Crippen LogP contribution in [0.4, 0.5) is 0 Å². The highest BCUT2D eigenvalue weighted by Gasteiger charge is 2.11. The topological polar surface area (TPSA) is 42.7 Å². The Balaban J connectivity index is 1.97. The molecule has 1 atom stereocenters. The molecule has 0 saturated carbocycles. The third-order valence-corrected chi connectivity index (χ3v) is 3.69. The summed E-state index contributed by atoms with van der Waals surface area (Å²) in [5, 5.41) is 13.6. The van der Waals surface area contributed by atoms with Crippen molar-refractivity contribution in [3.63, 3.8) is 0 Å². The van der Waals surface area contributed by atoms with Gasteiger partial charge in [-0.15, -0.1) is 21.5 Å². The summed E-state index contributed by atoms with van der Waals surface area (Å²) in [6.45, 7) is 5.13. The van der Waals surface area contributed by atoms with Gasteiger partial charge in [0.1, 0.15) is 12.2 Å². The van der Waals surface area contributed by atoms with Crippen molar-refractivity contribution >= 4 is 11.3 Å². The number of nitrogens with one attached hydrogen (secondary N) is 1. The Labute approximate surface area is 99.3 Å². The van der Waals surface area contributed by atoms with E-state index in [1.807, 2.05) is 11.6 Å². The Hall–Kier alpha value is -1.20. The molecule has 2 aromatic rings. The maximum absolute atomic E-state index is 4.09. The lowest BCUT2D eigenvalue weighted by molar-refractivity contribution is 0.530. The van der Waals surface area contributed by atoms with E-state index in [4.69, 9.17) is 0 Å². The van der Waals surface area contributed by atoms with E-state index < -0.39 is 0 Å². The first-order chi connectivity index (χ1) is 7.68. The molecule has 1 unspecified atom stereocenters. The maximum atomic E-state index is 4.09. The van der Waals surface area contributed by atoms with Gasteiger partial charge in [0.25, 0.3) is 0 Å². The lowest BCUT2D eigenvalue weighted by Crippen LogP contribution is -2.20. The van der Waals surface area contributed by atoms with Crippen LogP contribution in [0.2, 0.25) is 0 Å². The third kappa shape index (κ3) is 2.31. The molecule has 0 radical (unpaired) electrons. The fourth-order valence-electron chi connectivity index (χ4n) is 1.61. The fraction of sp³-hybridized carbons (Fsp3) is 0.455. The summed E-state index contributed by atoms with van der Waals surface area (Å²) in [4.78, 5) is 1.38. The molecule has 0 fully saturated rings. The van der Waals surface area contributed by atoms with Crippen LogP contribution >= 0.6 is 11.3 Å². The normalized spacial score (nSPS) is 12.9. The van der Waals surface area contributed by atoms with Crippen LogP contribution in [0.5, 0.6) is 0 Å². The number of aromatic nitrogens is 3. The smallest absolute Gasteiger partial charge is 0.149 e. The van der Waals surface area contributed by atoms with Gasteiger partial charge < -0.3 is 9.88 Å². The van der Waals surface area contributed by atoms with Crippen molar-refractivity contribution in [3.05, 3.63) is 34.0 Å². The van der Waals surface area contributed by atoms with Gasteiger partial charge in [0.15, 0.2) is 0 Å². The van der Waals surface area contributed by atoms with E-state index in [1.54, 1.807) is 17.7 Å². The molecule has 0 aliphatic rings. The zero-order chi connectivity index (χ0) is 11.5. The summed E-state index contributed by atoms with van der Waals surface area (Å²) in [5.41, 5.74) is 1.35. The van der Waals surface area contributed by atoms with E-state index in [1.165, 1.54) is 10.4 Å². The van der Waals surface area contributed by atoms with Gasteiger partial charge in [-0.1, -0.05) is 0 Å². The van der Waals surface area contributed by atoms with E-state index in [2.05, 4.69) is 40.8 Å². The number of hydrogen-bond acceptors (Lipinski definition) is 4. The highest BCUT2D eigenvalue weighted by molar-refractivity contribution is 7.10. The summed E-state index contributed by atoms with van der Waals surface area (Å²) < 4.78 is 1.94. The van der Waals surface area contributed by atoms with Crippen LogP contribution in [-0.2, 0) is 13.6 Å². The zero-order valence-electron chi connectivity index (χ0n) is 9.77. The number of hydrogen-bond donors (Lipinski definition) is 1. The van der Waals surface area contributed by atoms with Crippen LogP contribution in [0.15, 0.2) is 17.8 Å². The lowest BCUT2D eigenvalue weighted by atomic mass is 10.2. The van der Waals surface area contributed by atoms with Gasteiger partial charge in [-0.3, -0.25) is 0 Å². The molecule has 2 heterocycles. The monoisotopic (exact) mass is 236 g/mol. The fourth-order valence-corrected chi connectivity index (χ4v) is 2.46. The largest absolute Gasteiger partial charge is 0.319 e. The summed E-state index contributed by atoms with van der Waals surface area (Å²) in [5.74, 6) is 0.967. The van der Waals surface area contributed by atoms with Gasteiger partial charge in [-0.25, -0.2) is 0 Å². The standard InChI is InChI=1S/C11H16N4S/c1-8-4-5-16-10(8)6-12-9(2)11-14-13-7-15(11)3/h4-5,7,9,12H,6H2,1-3H3. The Morgan fingerprint density at radius 2 is 2.38 bits per heavy atom. The molecule has 0 amide bonds. The minimum Gasteiger partial charge on any atom is -0.319 e. The molecule has 0 aromatic carbocycles. The molecule has 4 nitrogen and oxygen atoms in total. The SMILES string of the molecule is Cc1ccsc1CNC(C)c1nncn1C. The van der Waals surface area contributed by atoms with Crippen molar-refractivity contribution in [2.45, 2.75) is 26.4 Å². The number of aryl methyl sites for hydroxylation is 2. The molecular formula is C11H16N4S. The highest BCUT2D eigenvalue weighted by Crippen LogP contribution is 2.16. The molecule has 5 heteroatoms. The van der Waals surface area contributed by atoms with Crippen LogP contribution in [0, 0.1) is 6.92 Å². The van der Waals surface area contributed by atoms with Gasteiger partial charge in [0, 0.05) is 18.5 Å². The molecule has 0 aliphatic heterocycles. The van der Waals surface area contributed by atoms with Crippen LogP contribution in [0.1, 0.15) is 29.2 Å². The Bertz CT molecular complexity index is 460. The minimum absolute atomic E-state index is 0.217. The van der Waals surface area contributed by atoms with Crippen molar-refractivity contribution in [1.82, 2.24) is 20.1 Å². The second kappa shape index (κ2) is 4.76. The maximum Gasteiger partial charge on any atom is 0.149 e. The number of thiophene rings is 1. The molecule has 2 rings (SSSR count). The number of rotatable bonds is 4. The van der Waals surface area contributed by atoms with Gasteiger partial charge in [-0.2, -0.15) is 0 Å². The first kappa shape index (κ1) is 11.3. The highest BCUT2D eigenvalue weighted by atomic mass is 32.1. The van der Waals surface area contributed by atoms with Crippen molar-refractivity contribution < 1.29 is 0 Å². The minimum atomic E-state index is 0.217. The van der Waals surface area contributed by atoms with E-state index in [9.17, 15) is 0 Å². The second-order valence-electron chi connectivity index (χ2n) is 3.93. The second-order valence-corrected chi connectivity index (χ2v) is 4.93. The molecule has 0 saturated heterocycles. The van der Waals surface area contributed by atoms with Crippen molar-refractivity contribution in [2.24, 2.45) is 7.05 Å². The number of nitrogens with zero attached hydrogens (tertiary/aromatic N) is 3. The molecule has 0 spiro atoms. The first-order valence-corrected chi connectivity index (χ1v) is 6.16. The van der Waals surface area contributed by atoms with E-state index in [-0.39, 0.29) is 6.04 Å². The van der Waals surface area contributed by atoms with Crippen LogP contribution < -0.4 is 5.32 Å². The molecule has 0 aliphatic carbocycles. The third-order valence-electron chi connectivity index (χ3n) is 2.67. The Kier molecular flexibility index (Phi) is 3.36. The van der Waals surface area contributed by atoms with E-state index >= 15 is 0 Å². The summed E-state index contributed by atoms with van der Waals surface area (Å²) >= 11 is 1.79. The van der Waals surface area contributed by atoms with Crippen molar-refractivity contribution in [1.29, 1.82) is 0 Å². The molecular weight excluding hydrogens is 220 g/mol. The molecule has 0 bridgehead atoms. The summed E-state index contributed by atoms with van der Waals surface area (Å²) in [6, 6.07) is 2.36. The summed E-state index contributed by atoms with van der Waals surface area (Å²) in [7, 11) is 1.96. The van der Waals surface area contributed by atoms with Gasteiger partial charge >= 0.3 is 0 Å². The van der Waals surface area contributed by atoms with Crippen LogP contribution in [0.25, 0.3) is 0 Å².